The Morgan fingerprint density at radius 1 is 1.19 bits per heavy atom. The van der Waals surface area contributed by atoms with Crippen LogP contribution in [-0.4, -0.2) is 13.0 Å². The maximum absolute atomic E-state index is 11.7. The quantitative estimate of drug-likeness (QED) is 0.813. The second-order valence-corrected chi connectivity index (χ2v) is 3.53. The number of hydrogen-bond donors (Lipinski definition) is 1. The molecule has 80 valence electrons. The van der Waals surface area contributed by atoms with E-state index in [0.717, 1.165) is 16.3 Å². The van der Waals surface area contributed by atoms with Crippen LogP contribution in [0.15, 0.2) is 43.0 Å². The van der Waals surface area contributed by atoms with Gasteiger partial charge in [0.25, 0.3) is 5.91 Å². The van der Waals surface area contributed by atoms with Gasteiger partial charge in [0.2, 0.25) is 0 Å². The van der Waals surface area contributed by atoms with Crippen molar-refractivity contribution in [3.63, 3.8) is 0 Å². The van der Waals surface area contributed by atoms with E-state index in [1.807, 2.05) is 36.4 Å². The molecule has 0 saturated carbocycles. The SMILES string of the molecule is C=Cc1cccc2c(C(=O)NC)cccc12. The Balaban J connectivity index is 2.78. The molecule has 1 amide bonds. The maximum Gasteiger partial charge on any atom is 0.251 e. The monoisotopic (exact) mass is 211 g/mol. The molecule has 0 fully saturated rings. The van der Waals surface area contributed by atoms with Crippen LogP contribution >= 0.6 is 0 Å². The van der Waals surface area contributed by atoms with Crippen LogP contribution in [-0.2, 0) is 0 Å². The van der Waals surface area contributed by atoms with Gasteiger partial charge in [-0.25, -0.2) is 0 Å². The Bertz CT molecular complexity index is 558. The molecule has 0 heterocycles. The van der Waals surface area contributed by atoms with E-state index in [9.17, 15) is 4.79 Å². The molecular formula is C14H13NO. The van der Waals surface area contributed by atoms with Gasteiger partial charge >= 0.3 is 0 Å². The van der Waals surface area contributed by atoms with Crippen LogP contribution in [0.2, 0.25) is 0 Å². The zero-order chi connectivity index (χ0) is 11.5. The summed E-state index contributed by atoms with van der Waals surface area (Å²) < 4.78 is 0. The third-order valence-electron chi connectivity index (χ3n) is 2.65. The minimum atomic E-state index is -0.0631. The average molecular weight is 211 g/mol. The second-order valence-electron chi connectivity index (χ2n) is 3.53. The number of nitrogens with one attached hydrogen (secondary N) is 1. The largest absolute Gasteiger partial charge is 0.355 e. The minimum Gasteiger partial charge on any atom is -0.355 e. The number of rotatable bonds is 2. The zero-order valence-electron chi connectivity index (χ0n) is 9.16. The van der Waals surface area contributed by atoms with Gasteiger partial charge in [-0.2, -0.15) is 0 Å². The fourth-order valence-corrected chi connectivity index (χ4v) is 1.84. The van der Waals surface area contributed by atoms with E-state index in [2.05, 4.69) is 11.9 Å². The van der Waals surface area contributed by atoms with E-state index < -0.39 is 0 Å². The van der Waals surface area contributed by atoms with E-state index >= 15 is 0 Å². The first-order chi connectivity index (χ1) is 7.77. The van der Waals surface area contributed by atoms with Crippen molar-refractivity contribution < 1.29 is 4.79 Å². The summed E-state index contributed by atoms with van der Waals surface area (Å²) in [6, 6.07) is 11.6. The van der Waals surface area contributed by atoms with Gasteiger partial charge in [0.05, 0.1) is 0 Å². The molecule has 0 unspecified atom stereocenters. The highest BCUT2D eigenvalue weighted by atomic mass is 16.1. The molecule has 2 nitrogen and oxygen atoms in total. The highest BCUT2D eigenvalue weighted by molar-refractivity contribution is 6.08. The molecule has 16 heavy (non-hydrogen) atoms. The molecule has 0 spiro atoms. The van der Waals surface area contributed by atoms with Crippen LogP contribution in [0.4, 0.5) is 0 Å². The maximum atomic E-state index is 11.7. The lowest BCUT2D eigenvalue weighted by Crippen LogP contribution is -2.18. The van der Waals surface area contributed by atoms with E-state index in [4.69, 9.17) is 0 Å². The molecule has 0 bridgehead atoms. The molecule has 1 N–H and O–H groups in total. The summed E-state index contributed by atoms with van der Waals surface area (Å²) in [6.45, 7) is 3.78. The summed E-state index contributed by atoms with van der Waals surface area (Å²) in [6.07, 6.45) is 1.80. The third kappa shape index (κ3) is 1.58. The molecule has 2 aromatic rings. The van der Waals surface area contributed by atoms with Crippen LogP contribution in [0.1, 0.15) is 15.9 Å². The van der Waals surface area contributed by atoms with Crippen LogP contribution < -0.4 is 5.32 Å². The fraction of sp³-hybridized carbons (Fsp3) is 0.0714. The first-order valence-corrected chi connectivity index (χ1v) is 5.14. The first-order valence-electron chi connectivity index (χ1n) is 5.14. The Morgan fingerprint density at radius 3 is 2.56 bits per heavy atom. The van der Waals surface area contributed by atoms with Gasteiger partial charge in [0, 0.05) is 12.6 Å². The lowest BCUT2D eigenvalue weighted by molar-refractivity contribution is 0.0965. The number of carbonyl (C=O) groups excluding carboxylic acids is 1. The number of carbonyl (C=O) groups is 1. The fourth-order valence-electron chi connectivity index (χ4n) is 1.84. The summed E-state index contributed by atoms with van der Waals surface area (Å²) >= 11 is 0. The Kier molecular flexibility index (Phi) is 2.73. The molecule has 0 aliphatic heterocycles. The van der Waals surface area contributed by atoms with Crippen LogP contribution in [0.5, 0.6) is 0 Å². The smallest absolute Gasteiger partial charge is 0.251 e. The lowest BCUT2D eigenvalue weighted by Gasteiger charge is -2.07. The minimum absolute atomic E-state index is 0.0631. The van der Waals surface area contributed by atoms with Crippen molar-refractivity contribution in [2.45, 2.75) is 0 Å². The molecule has 0 saturated heterocycles. The predicted molar refractivity (Wildman–Crippen MR) is 67.4 cm³/mol. The molecule has 2 heteroatoms. The van der Waals surface area contributed by atoms with Crippen molar-refractivity contribution in [3.8, 4) is 0 Å². The molecule has 2 rings (SSSR count). The Morgan fingerprint density at radius 2 is 1.88 bits per heavy atom. The Labute approximate surface area is 94.6 Å². The first kappa shape index (κ1) is 10.4. The van der Waals surface area contributed by atoms with Gasteiger partial charge in [0.15, 0.2) is 0 Å². The van der Waals surface area contributed by atoms with Gasteiger partial charge in [-0.3, -0.25) is 4.79 Å². The molecule has 2 aromatic carbocycles. The lowest BCUT2D eigenvalue weighted by atomic mass is 10.00. The standard InChI is InChI=1S/C14H13NO/c1-3-10-6-4-8-12-11(10)7-5-9-13(12)14(16)15-2/h3-9H,1H2,2H3,(H,15,16). The molecule has 0 aliphatic rings. The third-order valence-corrected chi connectivity index (χ3v) is 2.65. The highest BCUT2D eigenvalue weighted by Crippen LogP contribution is 2.23. The topological polar surface area (TPSA) is 29.1 Å². The molecule has 0 aliphatic carbocycles. The van der Waals surface area contributed by atoms with Crippen LogP contribution in [0.25, 0.3) is 16.8 Å². The number of hydrogen-bond acceptors (Lipinski definition) is 1. The van der Waals surface area contributed by atoms with Crippen molar-refractivity contribution in [2.75, 3.05) is 7.05 Å². The highest BCUT2D eigenvalue weighted by Gasteiger charge is 2.08. The normalized spacial score (nSPS) is 10.1. The zero-order valence-corrected chi connectivity index (χ0v) is 9.16. The van der Waals surface area contributed by atoms with Gasteiger partial charge in [-0.1, -0.05) is 43.0 Å². The average Bonchev–Trinajstić information content (AvgIpc) is 2.36. The van der Waals surface area contributed by atoms with Crippen LogP contribution in [0, 0.1) is 0 Å². The predicted octanol–water partition coefficient (Wildman–Crippen LogP) is 2.84. The van der Waals surface area contributed by atoms with Gasteiger partial charge < -0.3 is 5.32 Å². The van der Waals surface area contributed by atoms with Gasteiger partial charge in [-0.15, -0.1) is 0 Å². The van der Waals surface area contributed by atoms with Gasteiger partial charge in [-0.05, 0) is 22.4 Å². The van der Waals surface area contributed by atoms with Gasteiger partial charge in [0.1, 0.15) is 0 Å². The van der Waals surface area contributed by atoms with Crippen molar-refractivity contribution >= 4 is 22.8 Å². The number of amides is 1. The summed E-state index contributed by atoms with van der Waals surface area (Å²) in [5, 5.41) is 4.66. The van der Waals surface area contributed by atoms with Crippen molar-refractivity contribution in [1.82, 2.24) is 5.32 Å². The van der Waals surface area contributed by atoms with E-state index in [-0.39, 0.29) is 5.91 Å². The van der Waals surface area contributed by atoms with E-state index in [1.54, 1.807) is 13.1 Å². The van der Waals surface area contributed by atoms with E-state index in [0.29, 0.717) is 5.56 Å². The summed E-state index contributed by atoms with van der Waals surface area (Å²) in [7, 11) is 1.64. The van der Waals surface area contributed by atoms with Crippen molar-refractivity contribution in [3.05, 3.63) is 54.1 Å². The number of benzene rings is 2. The van der Waals surface area contributed by atoms with Crippen molar-refractivity contribution in [2.24, 2.45) is 0 Å². The summed E-state index contributed by atoms with van der Waals surface area (Å²) in [5.74, 6) is -0.0631. The van der Waals surface area contributed by atoms with E-state index in [1.165, 1.54) is 0 Å². The molecule has 0 radical (unpaired) electrons. The van der Waals surface area contributed by atoms with Crippen LogP contribution in [0.3, 0.4) is 0 Å². The van der Waals surface area contributed by atoms with Crippen molar-refractivity contribution in [1.29, 1.82) is 0 Å². The Hall–Kier alpha value is -2.09. The summed E-state index contributed by atoms with van der Waals surface area (Å²) in [4.78, 5) is 11.7. The molecule has 0 atom stereocenters. The number of fused-ring (bicyclic) bond motifs is 1. The second kappa shape index (κ2) is 4.19. The summed E-state index contributed by atoms with van der Waals surface area (Å²) in [5.41, 5.74) is 1.74. The molecular weight excluding hydrogens is 198 g/mol. The molecule has 0 aromatic heterocycles.